The molecule has 0 aliphatic carbocycles. The van der Waals surface area contributed by atoms with Gasteiger partial charge in [-0.25, -0.2) is 0 Å². The minimum atomic E-state index is 0.376. The highest BCUT2D eigenvalue weighted by Crippen LogP contribution is 2.26. The van der Waals surface area contributed by atoms with Crippen molar-refractivity contribution in [2.24, 2.45) is 5.73 Å². The van der Waals surface area contributed by atoms with Crippen molar-refractivity contribution in [2.45, 2.75) is 45.8 Å². The highest BCUT2D eigenvalue weighted by molar-refractivity contribution is 5.55. The zero-order valence-corrected chi connectivity index (χ0v) is 12.2. The van der Waals surface area contributed by atoms with Crippen LogP contribution in [0.5, 0.6) is 0 Å². The Balaban J connectivity index is 2.08. The van der Waals surface area contributed by atoms with Crippen LogP contribution >= 0.6 is 0 Å². The van der Waals surface area contributed by atoms with E-state index in [2.05, 4.69) is 36.9 Å². The third kappa shape index (κ3) is 3.71. The van der Waals surface area contributed by atoms with Crippen molar-refractivity contribution in [1.29, 1.82) is 0 Å². The molecule has 2 rings (SSSR count). The second kappa shape index (κ2) is 6.92. The summed E-state index contributed by atoms with van der Waals surface area (Å²) in [7, 11) is 0. The van der Waals surface area contributed by atoms with Crippen LogP contribution < -0.4 is 10.6 Å². The van der Waals surface area contributed by atoms with Gasteiger partial charge >= 0.3 is 0 Å². The molecule has 0 saturated carbocycles. The van der Waals surface area contributed by atoms with Crippen LogP contribution in [0.4, 0.5) is 5.69 Å². The molecule has 0 bridgehead atoms. The normalized spacial score (nSPS) is 19.7. The summed E-state index contributed by atoms with van der Waals surface area (Å²) in [5.41, 5.74) is 9.70. The van der Waals surface area contributed by atoms with Crippen LogP contribution in [-0.4, -0.2) is 25.8 Å². The molecule has 1 aromatic carbocycles. The van der Waals surface area contributed by atoms with Crippen LogP contribution in [0.25, 0.3) is 0 Å². The smallest absolute Gasteiger partial charge is 0.0750 e. The number of rotatable bonds is 5. The number of nitrogens with zero attached hydrogens (tertiary/aromatic N) is 1. The van der Waals surface area contributed by atoms with Gasteiger partial charge in [0.25, 0.3) is 0 Å². The van der Waals surface area contributed by atoms with E-state index in [1.807, 2.05) is 0 Å². The molecule has 1 unspecified atom stereocenters. The highest BCUT2D eigenvalue weighted by atomic mass is 16.5. The molecule has 1 fully saturated rings. The van der Waals surface area contributed by atoms with E-state index >= 15 is 0 Å². The first-order valence-electron chi connectivity index (χ1n) is 7.40. The number of benzene rings is 1. The minimum Gasteiger partial charge on any atom is -0.376 e. The van der Waals surface area contributed by atoms with Crippen LogP contribution in [-0.2, 0) is 11.3 Å². The molecule has 0 amide bonds. The second-order valence-corrected chi connectivity index (χ2v) is 5.42. The summed E-state index contributed by atoms with van der Waals surface area (Å²) in [6, 6.07) is 6.58. The number of hydrogen-bond donors (Lipinski definition) is 1. The van der Waals surface area contributed by atoms with Gasteiger partial charge in [0.15, 0.2) is 0 Å². The molecule has 0 aromatic heterocycles. The van der Waals surface area contributed by atoms with Gasteiger partial charge in [0, 0.05) is 31.9 Å². The molecule has 3 nitrogen and oxygen atoms in total. The average molecular weight is 262 g/mol. The van der Waals surface area contributed by atoms with E-state index in [-0.39, 0.29) is 0 Å². The zero-order chi connectivity index (χ0) is 13.7. The maximum Gasteiger partial charge on any atom is 0.0750 e. The molecule has 1 aliphatic rings. The van der Waals surface area contributed by atoms with Crippen molar-refractivity contribution in [1.82, 2.24) is 0 Å². The van der Waals surface area contributed by atoms with E-state index in [0.717, 1.165) is 26.1 Å². The average Bonchev–Trinajstić information content (AvgIpc) is 2.45. The van der Waals surface area contributed by atoms with E-state index in [9.17, 15) is 0 Å². The predicted octanol–water partition coefficient (Wildman–Crippen LogP) is 2.85. The molecule has 1 saturated heterocycles. The maximum atomic E-state index is 5.91. The number of ether oxygens (including phenoxy) is 1. The van der Waals surface area contributed by atoms with Crippen molar-refractivity contribution >= 4 is 5.69 Å². The molecule has 1 atom stereocenters. The summed E-state index contributed by atoms with van der Waals surface area (Å²) in [4.78, 5) is 2.44. The van der Waals surface area contributed by atoms with Crippen LogP contribution in [0, 0.1) is 6.92 Å². The van der Waals surface area contributed by atoms with Crippen molar-refractivity contribution < 1.29 is 4.74 Å². The maximum absolute atomic E-state index is 5.91. The Morgan fingerprint density at radius 3 is 3.00 bits per heavy atom. The first-order valence-corrected chi connectivity index (χ1v) is 7.40. The zero-order valence-electron chi connectivity index (χ0n) is 12.2. The largest absolute Gasteiger partial charge is 0.376 e. The van der Waals surface area contributed by atoms with Crippen molar-refractivity contribution in [3.8, 4) is 0 Å². The lowest BCUT2D eigenvalue weighted by Crippen LogP contribution is -2.40. The summed E-state index contributed by atoms with van der Waals surface area (Å²) in [6.45, 7) is 7.86. The summed E-state index contributed by atoms with van der Waals surface area (Å²) < 4.78 is 5.91. The molecule has 0 spiro atoms. The van der Waals surface area contributed by atoms with Gasteiger partial charge in [0.1, 0.15) is 0 Å². The monoisotopic (exact) mass is 262 g/mol. The SMILES string of the molecule is CCCOC1CCCN(c2ccc(C)cc2CN)C1. The van der Waals surface area contributed by atoms with E-state index in [1.165, 1.54) is 29.7 Å². The van der Waals surface area contributed by atoms with Gasteiger partial charge in [-0.3, -0.25) is 0 Å². The fraction of sp³-hybridized carbons (Fsp3) is 0.625. The first-order chi connectivity index (χ1) is 9.24. The van der Waals surface area contributed by atoms with Gasteiger partial charge in [-0.1, -0.05) is 24.6 Å². The summed E-state index contributed by atoms with van der Waals surface area (Å²) in [5, 5.41) is 0. The Kier molecular flexibility index (Phi) is 5.23. The fourth-order valence-corrected chi connectivity index (χ4v) is 2.76. The molecular weight excluding hydrogens is 236 g/mol. The minimum absolute atomic E-state index is 0.376. The number of aryl methyl sites for hydroxylation is 1. The summed E-state index contributed by atoms with van der Waals surface area (Å²) >= 11 is 0. The lowest BCUT2D eigenvalue weighted by molar-refractivity contribution is 0.0440. The molecule has 1 aliphatic heterocycles. The molecule has 2 N–H and O–H groups in total. The quantitative estimate of drug-likeness (QED) is 0.887. The number of piperidine rings is 1. The molecule has 1 heterocycles. The van der Waals surface area contributed by atoms with Crippen LogP contribution in [0.1, 0.15) is 37.3 Å². The predicted molar refractivity (Wildman–Crippen MR) is 80.5 cm³/mol. The summed E-state index contributed by atoms with van der Waals surface area (Å²) in [5.74, 6) is 0. The topological polar surface area (TPSA) is 38.5 Å². The van der Waals surface area contributed by atoms with E-state index in [1.54, 1.807) is 0 Å². The van der Waals surface area contributed by atoms with Gasteiger partial charge in [0.05, 0.1) is 6.10 Å². The van der Waals surface area contributed by atoms with Crippen molar-refractivity contribution in [3.05, 3.63) is 29.3 Å². The van der Waals surface area contributed by atoms with Crippen LogP contribution in [0.2, 0.25) is 0 Å². The molecule has 3 heteroatoms. The second-order valence-electron chi connectivity index (χ2n) is 5.42. The third-order valence-corrected chi connectivity index (χ3v) is 3.73. The highest BCUT2D eigenvalue weighted by Gasteiger charge is 2.21. The number of nitrogens with two attached hydrogens (primary N) is 1. The van der Waals surface area contributed by atoms with Gasteiger partial charge < -0.3 is 15.4 Å². The molecule has 0 radical (unpaired) electrons. The summed E-state index contributed by atoms with van der Waals surface area (Å²) in [6.07, 6.45) is 3.85. The van der Waals surface area contributed by atoms with Crippen molar-refractivity contribution in [2.75, 3.05) is 24.6 Å². The Morgan fingerprint density at radius 2 is 2.26 bits per heavy atom. The van der Waals surface area contributed by atoms with E-state index in [0.29, 0.717) is 12.6 Å². The lowest BCUT2D eigenvalue weighted by atomic mass is 10.0. The molecular formula is C16H26N2O. The Morgan fingerprint density at radius 1 is 1.42 bits per heavy atom. The van der Waals surface area contributed by atoms with Gasteiger partial charge in [-0.15, -0.1) is 0 Å². The van der Waals surface area contributed by atoms with E-state index in [4.69, 9.17) is 10.5 Å². The van der Waals surface area contributed by atoms with Gasteiger partial charge in [-0.2, -0.15) is 0 Å². The van der Waals surface area contributed by atoms with Crippen LogP contribution in [0.3, 0.4) is 0 Å². The van der Waals surface area contributed by atoms with Crippen LogP contribution in [0.15, 0.2) is 18.2 Å². The molecule has 1 aromatic rings. The lowest BCUT2D eigenvalue weighted by Gasteiger charge is -2.35. The Hall–Kier alpha value is -1.06. The first kappa shape index (κ1) is 14.4. The van der Waals surface area contributed by atoms with Gasteiger partial charge in [-0.05, 0) is 37.8 Å². The van der Waals surface area contributed by atoms with Gasteiger partial charge in [0.2, 0.25) is 0 Å². The van der Waals surface area contributed by atoms with Crippen molar-refractivity contribution in [3.63, 3.8) is 0 Å². The van der Waals surface area contributed by atoms with E-state index < -0.39 is 0 Å². The number of hydrogen-bond acceptors (Lipinski definition) is 3. The Labute approximate surface area is 116 Å². The standard InChI is InChI=1S/C16H26N2O/c1-3-9-19-15-5-4-8-18(12-15)16-7-6-13(2)10-14(16)11-17/h6-7,10,15H,3-5,8-9,11-12,17H2,1-2H3. The Bertz CT molecular complexity index is 406. The molecule has 19 heavy (non-hydrogen) atoms. The fourth-order valence-electron chi connectivity index (χ4n) is 2.76. The molecule has 106 valence electrons. The number of anilines is 1. The third-order valence-electron chi connectivity index (χ3n) is 3.73.